The molecule has 4 aromatic rings. The van der Waals surface area contributed by atoms with E-state index in [1.54, 1.807) is 0 Å². The molecule has 0 amide bonds. The van der Waals surface area contributed by atoms with E-state index >= 15 is 0 Å². The average molecular weight is 624 g/mol. The maximum Gasteiger partial charge on any atom is 0.326 e. The Kier molecular flexibility index (Phi) is 8.99. The summed E-state index contributed by atoms with van der Waals surface area (Å²) in [7, 11) is 0. The number of hydrogen-bond donors (Lipinski definition) is 0. The van der Waals surface area contributed by atoms with Crippen LogP contribution in [0.5, 0.6) is 0 Å². The number of rotatable bonds is 10. The van der Waals surface area contributed by atoms with E-state index in [2.05, 4.69) is 75.1 Å². The van der Waals surface area contributed by atoms with Crippen LogP contribution in [0.25, 0.3) is 5.57 Å². The van der Waals surface area contributed by atoms with E-state index in [1.807, 2.05) is 84.9 Å². The van der Waals surface area contributed by atoms with Crippen molar-refractivity contribution in [1.82, 2.24) is 0 Å². The smallest absolute Gasteiger partial charge is 0.326 e. The fourth-order valence-corrected chi connectivity index (χ4v) is 6.85. The predicted molar refractivity (Wildman–Crippen MR) is 188 cm³/mol. The van der Waals surface area contributed by atoms with Gasteiger partial charge in [0.1, 0.15) is 19.8 Å². The van der Waals surface area contributed by atoms with Crippen molar-refractivity contribution in [3.8, 4) is 0 Å². The van der Waals surface area contributed by atoms with Crippen LogP contribution in [0.3, 0.4) is 0 Å². The second-order valence-corrected chi connectivity index (χ2v) is 13.2. The first kappa shape index (κ1) is 31.8. The molecule has 238 valence electrons. The lowest BCUT2D eigenvalue weighted by Gasteiger charge is -2.26. The average Bonchev–Trinajstić information content (AvgIpc) is 3.42. The number of ether oxygens (including phenoxy) is 2. The molecule has 0 unspecified atom stereocenters. The summed E-state index contributed by atoms with van der Waals surface area (Å²) in [5.41, 5.74) is 8.76. The van der Waals surface area contributed by atoms with Gasteiger partial charge >= 0.3 is 11.9 Å². The van der Waals surface area contributed by atoms with Crippen molar-refractivity contribution in [1.29, 1.82) is 0 Å². The topological polar surface area (TPSA) is 55.8 Å². The molecule has 6 rings (SSSR count). The lowest BCUT2D eigenvalue weighted by Crippen LogP contribution is -2.31. The largest absolute Gasteiger partial charge is 0.461 e. The third kappa shape index (κ3) is 6.57. The molecule has 0 saturated carbocycles. The minimum absolute atomic E-state index is 0.102. The first-order chi connectivity index (χ1) is 22.7. The zero-order valence-corrected chi connectivity index (χ0v) is 27.5. The molecule has 2 aliphatic rings. The van der Waals surface area contributed by atoms with Gasteiger partial charge in [0.05, 0.1) is 6.42 Å². The highest BCUT2D eigenvalue weighted by Gasteiger charge is 2.41. The number of para-hydroxylation sites is 1. The quantitative estimate of drug-likeness (QED) is 0.165. The van der Waals surface area contributed by atoms with E-state index in [-0.39, 0.29) is 48.9 Å². The monoisotopic (exact) mass is 623 g/mol. The maximum absolute atomic E-state index is 13.2. The second kappa shape index (κ2) is 13.3. The van der Waals surface area contributed by atoms with Crippen molar-refractivity contribution in [2.24, 2.45) is 0 Å². The number of allylic oxidation sites excluding steroid dienone is 5. The van der Waals surface area contributed by atoms with Crippen molar-refractivity contribution in [2.45, 2.75) is 58.2 Å². The molecule has 0 radical (unpaired) electrons. The Morgan fingerprint density at radius 2 is 1.21 bits per heavy atom. The summed E-state index contributed by atoms with van der Waals surface area (Å²) < 4.78 is 11.4. The Morgan fingerprint density at radius 3 is 1.87 bits per heavy atom. The fourth-order valence-electron chi connectivity index (χ4n) is 6.85. The van der Waals surface area contributed by atoms with Crippen molar-refractivity contribution in [2.75, 3.05) is 11.4 Å². The summed E-state index contributed by atoms with van der Waals surface area (Å²) in [6.07, 6.45) is 6.46. The Labute approximate surface area is 277 Å². The van der Waals surface area contributed by atoms with Crippen molar-refractivity contribution < 1.29 is 19.1 Å². The molecule has 0 N–H and O–H groups in total. The molecule has 0 spiro atoms. The fraction of sp³-hybridized carbons (Fsp3) is 0.238. The zero-order valence-electron chi connectivity index (χ0n) is 27.5. The summed E-state index contributed by atoms with van der Waals surface area (Å²) in [6, 6.07) is 36.0. The van der Waals surface area contributed by atoms with Gasteiger partial charge in [-0.05, 0) is 51.1 Å². The van der Waals surface area contributed by atoms with Crippen LogP contribution in [0.15, 0.2) is 139 Å². The summed E-state index contributed by atoms with van der Waals surface area (Å²) in [5.74, 6) is -0.546. The van der Waals surface area contributed by atoms with Crippen LogP contribution in [0.1, 0.15) is 61.9 Å². The van der Waals surface area contributed by atoms with Gasteiger partial charge in [-0.1, -0.05) is 143 Å². The number of anilines is 1. The maximum atomic E-state index is 13.2. The molecule has 47 heavy (non-hydrogen) atoms. The van der Waals surface area contributed by atoms with Gasteiger partial charge in [-0.3, -0.25) is 9.59 Å². The Balaban J connectivity index is 1.28. The van der Waals surface area contributed by atoms with Crippen LogP contribution in [0, 0.1) is 0 Å². The summed E-state index contributed by atoms with van der Waals surface area (Å²) in [5, 5.41) is 0. The van der Waals surface area contributed by atoms with E-state index in [4.69, 9.17) is 9.47 Å². The Morgan fingerprint density at radius 1 is 0.660 bits per heavy atom. The first-order valence-electron chi connectivity index (χ1n) is 16.1. The van der Waals surface area contributed by atoms with E-state index in [0.717, 1.165) is 44.8 Å². The molecular weight excluding hydrogens is 582 g/mol. The Hall–Kier alpha value is -5.16. The predicted octanol–water partition coefficient (Wildman–Crippen LogP) is 8.85. The van der Waals surface area contributed by atoms with Crippen molar-refractivity contribution in [3.63, 3.8) is 0 Å². The molecule has 1 aliphatic heterocycles. The van der Waals surface area contributed by atoms with Gasteiger partial charge in [0.2, 0.25) is 0 Å². The molecule has 5 nitrogen and oxygen atoms in total. The lowest BCUT2D eigenvalue weighted by atomic mass is 9.80. The molecule has 0 atom stereocenters. The molecule has 0 saturated heterocycles. The van der Waals surface area contributed by atoms with Crippen LogP contribution < -0.4 is 4.90 Å². The standard InChI is InChI=1S/C42H41NO4/c1-41(2)34-21-12-11-20-32(34)33(26-39(44)46-28-30-16-7-5-8-17-30)35(41)23-15-25-38-42(3,4)36-22-13-14-24-37(36)43(38)27-40(45)47-29-31-18-9-6-10-19-31/h5-25H,26-29H2,1-4H3/b23-15+,38-25-. The highest BCUT2D eigenvalue weighted by atomic mass is 16.5. The molecule has 1 heterocycles. The minimum atomic E-state index is -0.340. The number of benzene rings is 4. The number of carbonyl (C=O) groups is 2. The van der Waals surface area contributed by atoms with Gasteiger partial charge in [-0.25, -0.2) is 0 Å². The highest BCUT2D eigenvalue weighted by Crippen LogP contribution is 2.49. The van der Waals surface area contributed by atoms with Gasteiger partial charge in [0.15, 0.2) is 0 Å². The third-order valence-electron chi connectivity index (χ3n) is 9.33. The van der Waals surface area contributed by atoms with E-state index < -0.39 is 0 Å². The summed E-state index contributed by atoms with van der Waals surface area (Å²) >= 11 is 0. The van der Waals surface area contributed by atoms with Gasteiger partial charge < -0.3 is 14.4 Å². The van der Waals surface area contributed by atoms with E-state index in [9.17, 15) is 9.59 Å². The summed E-state index contributed by atoms with van der Waals surface area (Å²) in [4.78, 5) is 28.4. The highest BCUT2D eigenvalue weighted by molar-refractivity contribution is 5.92. The minimum Gasteiger partial charge on any atom is -0.461 e. The Bertz CT molecular complexity index is 1870. The molecule has 0 bridgehead atoms. The van der Waals surface area contributed by atoms with E-state index in [1.165, 1.54) is 5.56 Å². The zero-order chi connectivity index (χ0) is 33.0. The van der Waals surface area contributed by atoms with Crippen LogP contribution in [0.2, 0.25) is 0 Å². The van der Waals surface area contributed by atoms with Gasteiger partial charge in [-0.2, -0.15) is 0 Å². The van der Waals surface area contributed by atoms with Crippen LogP contribution in [-0.2, 0) is 43.1 Å². The molecule has 4 aromatic carbocycles. The van der Waals surface area contributed by atoms with Gasteiger partial charge in [0.25, 0.3) is 0 Å². The molecular formula is C42H41NO4. The number of nitrogens with zero attached hydrogens (tertiary/aromatic N) is 1. The molecule has 5 heteroatoms. The van der Waals surface area contributed by atoms with Crippen LogP contribution in [-0.4, -0.2) is 18.5 Å². The van der Waals surface area contributed by atoms with E-state index in [0.29, 0.717) is 0 Å². The van der Waals surface area contributed by atoms with Crippen molar-refractivity contribution >= 4 is 23.2 Å². The van der Waals surface area contributed by atoms with Crippen molar-refractivity contribution in [3.05, 3.63) is 167 Å². The number of hydrogen-bond acceptors (Lipinski definition) is 5. The molecule has 0 fully saturated rings. The second-order valence-electron chi connectivity index (χ2n) is 13.2. The normalized spacial score (nSPS) is 16.8. The SMILES string of the molecule is CC1(C)C(/C=C/C=C2\N(CC(=O)OCc3ccccc3)c3ccccc3C2(C)C)=C(CC(=O)OCc2ccccc2)c2ccccc21. The lowest BCUT2D eigenvalue weighted by molar-refractivity contribution is -0.144. The number of fused-ring (bicyclic) bond motifs is 2. The third-order valence-corrected chi connectivity index (χ3v) is 9.33. The van der Waals surface area contributed by atoms with Crippen LogP contribution in [0.4, 0.5) is 5.69 Å². The summed E-state index contributed by atoms with van der Waals surface area (Å²) in [6.45, 7) is 9.35. The number of esters is 2. The molecule has 1 aliphatic carbocycles. The molecule has 0 aromatic heterocycles. The van der Waals surface area contributed by atoms with Crippen LogP contribution >= 0.6 is 0 Å². The van der Waals surface area contributed by atoms with Gasteiger partial charge in [-0.15, -0.1) is 0 Å². The van der Waals surface area contributed by atoms with Gasteiger partial charge in [0, 0.05) is 22.2 Å². The number of carbonyl (C=O) groups excluding carboxylic acids is 2. The first-order valence-corrected chi connectivity index (χ1v) is 16.1.